The summed E-state index contributed by atoms with van der Waals surface area (Å²) in [5.74, 6) is 0.118. The lowest BCUT2D eigenvalue weighted by molar-refractivity contribution is -0.133. The topological polar surface area (TPSA) is 85.3 Å². The molecule has 0 bridgehead atoms. The van der Waals surface area contributed by atoms with E-state index in [1.807, 2.05) is 78.9 Å². The number of carbonyl (C=O) groups excluding carboxylic acids is 1. The van der Waals surface area contributed by atoms with E-state index >= 15 is 0 Å². The zero-order valence-corrected chi connectivity index (χ0v) is 17.7. The Morgan fingerprint density at radius 2 is 1.70 bits per heavy atom. The predicted octanol–water partition coefficient (Wildman–Crippen LogP) is 5.21. The Morgan fingerprint density at radius 1 is 0.939 bits per heavy atom. The highest BCUT2D eigenvalue weighted by Gasteiger charge is 2.32. The van der Waals surface area contributed by atoms with Crippen LogP contribution in [0.1, 0.15) is 22.6 Å². The van der Waals surface area contributed by atoms with E-state index in [9.17, 15) is 10.1 Å². The van der Waals surface area contributed by atoms with Crippen molar-refractivity contribution in [2.45, 2.75) is 12.3 Å². The smallest absolute Gasteiger partial charge is 0.315 e. The van der Waals surface area contributed by atoms with E-state index in [2.05, 4.69) is 6.07 Å². The number of rotatable bonds is 4. The van der Waals surface area contributed by atoms with Gasteiger partial charge in [-0.25, -0.2) is 0 Å². The molecule has 0 saturated carbocycles. The summed E-state index contributed by atoms with van der Waals surface area (Å²) < 4.78 is 11.3. The molecule has 4 aromatic carbocycles. The number of nitrogens with zero attached hydrogens (tertiary/aromatic N) is 1. The molecule has 160 valence electrons. The van der Waals surface area contributed by atoms with E-state index in [4.69, 9.17) is 15.2 Å². The van der Waals surface area contributed by atoms with Gasteiger partial charge in [0.05, 0.1) is 12.3 Å². The molecule has 0 aliphatic carbocycles. The second-order valence-electron chi connectivity index (χ2n) is 7.83. The third kappa shape index (κ3) is 3.90. The molecule has 1 aliphatic rings. The minimum atomic E-state index is -0.390. The molecule has 0 amide bonds. The predicted molar refractivity (Wildman–Crippen MR) is 125 cm³/mol. The van der Waals surface area contributed by atoms with Crippen LogP contribution >= 0.6 is 0 Å². The fourth-order valence-corrected chi connectivity index (χ4v) is 4.25. The standard InChI is InChI=1S/C28H20N2O3/c29-17-24-27(22-12-6-10-19-9-4-5-11-21(19)22)23-14-13-20(16-25(23)33-28(24)30)32-26(31)15-18-7-2-1-3-8-18/h1-14,16,27H,15,30H2. The summed E-state index contributed by atoms with van der Waals surface area (Å²) in [4.78, 5) is 12.4. The molecule has 0 saturated heterocycles. The van der Waals surface area contributed by atoms with Crippen molar-refractivity contribution in [3.8, 4) is 17.6 Å². The molecule has 1 atom stereocenters. The molecular formula is C28H20N2O3. The number of nitrogens with two attached hydrogens (primary N) is 1. The van der Waals surface area contributed by atoms with Gasteiger partial charge in [-0.05, 0) is 28.0 Å². The van der Waals surface area contributed by atoms with Crippen molar-refractivity contribution in [2.24, 2.45) is 5.73 Å². The molecule has 1 heterocycles. The highest BCUT2D eigenvalue weighted by molar-refractivity contribution is 5.87. The lowest BCUT2D eigenvalue weighted by Gasteiger charge is -2.27. The van der Waals surface area contributed by atoms with Gasteiger partial charge in [0, 0.05) is 11.6 Å². The number of ether oxygens (including phenoxy) is 2. The molecule has 0 spiro atoms. The third-order valence-corrected chi connectivity index (χ3v) is 5.75. The third-order valence-electron chi connectivity index (χ3n) is 5.75. The highest BCUT2D eigenvalue weighted by atomic mass is 16.5. The van der Waals surface area contributed by atoms with Crippen molar-refractivity contribution in [1.29, 1.82) is 5.26 Å². The van der Waals surface area contributed by atoms with Crippen LogP contribution in [0, 0.1) is 11.3 Å². The summed E-state index contributed by atoms with van der Waals surface area (Å²) >= 11 is 0. The molecular weight excluding hydrogens is 412 g/mol. The second kappa shape index (κ2) is 8.52. The summed E-state index contributed by atoms with van der Waals surface area (Å²) in [7, 11) is 0. The summed E-state index contributed by atoms with van der Waals surface area (Å²) in [6.45, 7) is 0. The van der Waals surface area contributed by atoms with Gasteiger partial charge in [-0.1, -0.05) is 78.9 Å². The van der Waals surface area contributed by atoms with Gasteiger partial charge in [0.15, 0.2) is 0 Å². The molecule has 0 radical (unpaired) electrons. The van der Waals surface area contributed by atoms with Gasteiger partial charge in [0.2, 0.25) is 5.88 Å². The first kappa shape index (κ1) is 20.3. The fraction of sp³-hybridized carbons (Fsp3) is 0.0714. The Labute approximate surface area is 191 Å². The van der Waals surface area contributed by atoms with Crippen molar-refractivity contribution in [3.05, 3.63) is 119 Å². The monoisotopic (exact) mass is 432 g/mol. The fourth-order valence-electron chi connectivity index (χ4n) is 4.25. The van der Waals surface area contributed by atoms with Crippen LogP contribution < -0.4 is 15.2 Å². The molecule has 1 unspecified atom stereocenters. The number of hydrogen-bond acceptors (Lipinski definition) is 5. The van der Waals surface area contributed by atoms with Crippen molar-refractivity contribution in [2.75, 3.05) is 0 Å². The van der Waals surface area contributed by atoms with Gasteiger partial charge in [-0.15, -0.1) is 0 Å². The maximum absolute atomic E-state index is 12.4. The van der Waals surface area contributed by atoms with Crippen LogP contribution in [0.3, 0.4) is 0 Å². The Bertz CT molecular complexity index is 1430. The Kier molecular flexibility index (Phi) is 5.26. The Morgan fingerprint density at radius 3 is 2.52 bits per heavy atom. The van der Waals surface area contributed by atoms with Crippen LogP contribution in [0.5, 0.6) is 11.5 Å². The maximum atomic E-state index is 12.4. The number of carbonyl (C=O) groups is 1. The molecule has 33 heavy (non-hydrogen) atoms. The molecule has 5 nitrogen and oxygen atoms in total. The van der Waals surface area contributed by atoms with Crippen LogP contribution in [-0.2, 0) is 11.2 Å². The first-order chi connectivity index (χ1) is 16.1. The van der Waals surface area contributed by atoms with Crippen molar-refractivity contribution >= 4 is 16.7 Å². The van der Waals surface area contributed by atoms with Gasteiger partial charge in [-0.3, -0.25) is 4.79 Å². The van der Waals surface area contributed by atoms with Gasteiger partial charge < -0.3 is 15.2 Å². The average Bonchev–Trinajstić information content (AvgIpc) is 2.83. The van der Waals surface area contributed by atoms with Gasteiger partial charge in [0.25, 0.3) is 0 Å². The van der Waals surface area contributed by atoms with Crippen molar-refractivity contribution < 1.29 is 14.3 Å². The quantitative estimate of drug-likeness (QED) is 0.354. The lowest BCUT2D eigenvalue weighted by atomic mass is 9.81. The normalized spacial score (nSPS) is 14.8. The maximum Gasteiger partial charge on any atom is 0.315 e. The SMILES string of the molecule is N#CC1=C(N)Oc2cc(OC(=O)Cc3ccccc3)ccc2C1c1cccc2ccccc12. The van der Waals surface area contributed by atoms with E-state index in [1.165, 1.54) is 0 Å². The summed E-state index contributed by atoms with van der Waals surface area (Å²) in [6, 6.07) is 30.9. The second-order valence-corrected chi connectivity index (χ2v) is 7.83. The summed E-state index contributed by atoms with van der Waals surface area (Å²) in [6.07, 6.45) is 0.165. The molecule has 5 heteroatoms. The van der Waals surface area contributed by atoms with Crippen LogP contribution in [0.15, 0.2) is 102 Å². The molecule has 1 aliphatic heterocycles. The van der Waals surface area contributed by atoms with Gasteiger partial charge >= 0.3 is 5.97 Å². The van der Waals surface area contributed by atoms with Gasteiger partial charge in [-0.2, -0.15) is 5.26 Å². The number of esters is 1. The van der Waals surface area contributed by atoms with Crippen molar-refractivity contribution in [3.63, 3.8) is 0 Å². The van der Waals surface area contributed by atoms with E-state index in [0.29, 0.717) is 17.1 Å². The van der Waals surface area contributed by atoms with Gasteiger partial charge in [0.1, 0.15) is 23.1 Å². The zero-order valence-electron chi connectivity index (χ0n) is 17.7. The average molecular weight is 432 g/mol. The van der Waals surface area contributed by atoms with E-state index in [0.717, 1.165) is 27.5 Å². The Hall–Kier alpha value is -4.56. The van der Waals surface area contributed by atoms with E-state index in [-0.39, 0.29) is 24.2 Å². The number of benzene rings is 4. The summed E-state index contributed by atoms with van der Waals surface area (Å²) in [5, 5.41) is 12.0. The number of allylic oxidation sites excluding steroid dienone is 1. The lowest BCUT2D eigenvalue weighted by Crippen LogP contribution is -2.21. The number of fused-ring (bicyclic) bond motifs is 2. The van der Waals surface area contributed by atoms with Crippen LogP contribution in [0.25, 0.3) is 10.8 Å². The molecule has 2 N–H and O–H groups in total. The minimum Gasteiger partial charge on any atom is -0.440 e. The first-order valence-electron chi connectivity index (χ1n) is 10.6. The molecule has 4 aromatic rings. The highest BCUT2D eigenvalue weighted by Crippen LogP contribution is 2.45. The minimum absolute atomic E-state index is 0.0516. The number of nitriles is 1. The zero-order chi connectivity index (χ0) is 22.8. The van der Waals surface area contributed by atoms with E-state index < -0.39 is 0 Å². The summed E-state index contributed by atoms with van der Waals surface area (Å²) in [5.41, 5.74) is 9.14. The molecule has 0 fully saturated rings. The Balaban J connectivity index is 1.51. The largest absolute Gasteiger partial charge is 0.440 e. The molecule has 0 aromatic heterocycles. The molecule has 5 rings (SSSR count). The van der Waals surface area contributed by atoms with Crippen LogP contribution in [-0.4, -0.2) is 5.97 Å². The van der Waals surface area contributed by atoms with Crippen LogP contribution in [0.4, 0.5) is 0 Å². The first-order valence-corrected chi connectivity index (χ1v) is 10.6. The van der Waals surface area contributed by atoms with Crippen LogP contribution in [0.2, 0.25) is 0 Å². The number of hydrogen-bond donors (Lipinski definition) is 1. The van der Waals surface area contributed by atoms with Crippen molar-refractivity contribution in [1.82, 2.24) is 0 Å². The van der Waals surface area contributed by atoms with E-state index in [1.54, 1.807) is 12.1 Å².